The van der Waals surface area contributed by atoms with E-state index in [4.69, 9.17) is 4.74 Å². The van der Waals surface area contributed by atoms with E-state index >= 15 is 0 Å². The van der Waals surface area contributed by atoms with Gasteiger partial charge in [-0.1, -0.05) is 37.3 Å². The molecule has 1 amide bonds. The van der Waals surface area contributed by atoms with Gasteiger partial charge in [0.05, 0.1) is 23.4 Å². The molecule has 5 nitrogen and oxygen atoms in total. The number of aromatic nitrogens is 2. The van der Waals surface area contributed by atoms with Gasteiger partial charge in [-0.3, -0.25) is 4.79 Å². The highest BCUT2D eigenvalue weighted by Crippen LogP contribution is 2.23. The summed E-state index contributed by atoms with van der Waals surface area (Å²) in [5.41, 5.74) is 2.84. The summed E-state index contributed by atoms with van der Waals surface area (Å²) in [7, 11) is 0. The average molecular weight is 432 g/mol. The van der Waals surface area contributed by atoms with E-state index in [1.807, 2.05) is 43.3 Å². The number of halogens is 1. The molecular formula is C26H26FN3O2. The lowest BCUT2D eigenvalue weighted by Gasteiger charge is -2.20. The van der Waals surface area contributed by atoms with Gasteiger partial charge in [0.1, 0.15) is 18.2 Å². The average Bonchev–Trinajstić information content (AvgIpc) is 3.22. The molecule has 1 heterocycles. The molecule has 4 rings (SSSR count). The Morgan fingerprint density at radius 3 is 2.62 bits per heavy atom. The number of nitrogens with zero attached hydrogens (tertiary/aromatic N) is 2. The molecule has 4 aromatic rings. The molecule has 6 heteroatoms. The smallest absolute Gasteiger partial charge is 0.220 e. The highest BCUT2D eigenvalue weighted by atomic mass is 19.1. The van der Waals surface area contributed by atoms with Crippen molar-refractivity contribution in [1.82, 2.24) is 15.1 Å². The van der Waals surface area contributed by atoms with Gasteiger partial charge >= 0.3 is 0 Å². The molecule has 0 bridgehead atoms. The Morgan fingerprint density at radius 2 is 1.88 bits per heavy atom. The van der Waals surface area contributed by atoms with Crippen molar-refractivity contribution >= 4 is 16.8 Å². The van der Waals surface area contributed by atoms with Crippen molar-refractivity contribution in [2.75, 3.05) is 6.61 Å². The number of carbonyl (C=O) groups excluding carboxylic acids is 1. The number of ether oxygens (including phenoxy) is 1. The molecule has 32 heavy (non-hydrogen) atoms. The molecule has 1 N–H and O–H groups in total. The van der Waals surface area contributed by atoms with Crippen LogP contribution in [-0.2, 0) is 11.2 Å². The molecule has 0 radical (unpaired) electrons. The first-order valence-electron chi connectivity index (χ1n) is 10.8. The minimum Gasteiger partial charge on any atom is -0.491 e. The molecular weight excluding hydrogens is 405 g/mol. The van der Waals surface area contributed by atoms with E-state index in [0.29, 0.717) is 25.2 Å². The van der Waals surface area contributed by atoms with Crippen LogP contribution < -0.4 is 10.1 Å². The second kappa shape index (κ2) is 10.1. The Labute approximate surface area is 186 Å². The summed E-state index contributed by atoms with van der Waals surface area (Å²) < 4.78 is 21.1. The molecule has 0 saturated heterocycles. The van der Waals surface area contributed by atoms with Gasteiger partial charge in [0.15, 0.2) is 0 Å². The van der Waals surface area contributed by atoms with E-state index in [9.17, 15) is 9.18 Å². The van der Waals surface area contributed by atoms with Crippen LogP contribution in [0.3, 0.4) is 0 Å². The zero-order chi connectivity index (χ0) is 22.3. The summed E-state index contributed by atoms with van der Waals surface area (Å²) in [5.74, 6) is 0.462. The lowest BCUT2D eigenvalue weighted by atomic mass is 10.1. The SMILES string of the molecule is CCCC(=O)NC(COc1ccc2c(cnn2-c2ccc(F)cc2)c1)Cc1ccccc1. The summed E-state index contributed by atoms with van der Waals surface area (Å²) >= 11 is 0. The van der Waals surface area contributed by atoms with Crippen molar-refractivity contribution in [1.29, 1.82) is 0 Å². The van der Waals surface area contributed by atoms with Crippen LogP contribution in [0.1, 0.15) is 25.3 Å². The molecule has 1 unspecified atom stereocenters. The van der Waals surface area contributed by atoms with E-state index in [0.717, 1.165) is 28.6 Å². The predicted octanol–water partition coefficient (Wildman–Crippen LogP) is 5.07. The van der Waals surface area contributed by atoms with Crippen molar-refractivity contribution < 1.29 is 13.9 Å². The van der Waals surface area contributed by atoms with Crippen LogP contribution in [0.5, 0.6) is 5.75 Å². The highest BCUT2D eigenvalue weighted by molar-refractivity contribution is 5.81. The van der Waals surface area contributed by atoms with Gasteiger partial charge in [0, 0.05) is 11.8 Å². The molecule has 0 fully saturated rings. The Balaban J connectivity index is 1.47. The Morgan fingerprint density at radius 1 is 1.09 bits per heavy atom. The van der Waals surface area contributed by atoms with Crippen molar-refractivity contribution in [2.24, 2.45) is 0 Å². The van der Waals surface area contributed by atoms with E-state index < -0.39 is 0 Å². The molecule has 0 aliphatic rings. The van der Waals surface area contributed by atoms with Crippen LogP contribution in [-0.4, -0.2) is 28.3 Å². The second-order valence-corrected chi connectivity index (χ2v) is 7.77. The minimum absolute atomic E-state index is 0.0352. The van der Waals surface area contributed by atoms with Gasteiger partial charge < -0.3 is 10.1 Å². The second-order valence-electron chi connectivity index (χ2n) is 7.77. The number of nitrogens with one attached hydrogen (secondary N) is 1. The van der Waals surface area contributed by atoms with Crippen molar-refractivity contribution in [3.05, 3.63) is 90.4 Å². The zero-order valence-corrected chi connectivity index (χ0v) is 18.0. The predicted molar refractivity (Wildman–Crippen MR) is 124 cm³/mol. The fourth-order valence-corrected chi connectivity index (χ4v) is 3.66. The van der Waals surface area contributed by atoms with E-state index in [1.54, 1.807) is 23.0 Å². The van der Waals surface area contributed by atoms with Gasteiger partial charge in [-0.05, 0) is 60.9 Å². The van der Waals surface area contributed by atoms with Crippen molar-refractivity contribution in [3.63, 3.8) is 0 Å². The molecule has 0 spiro atoms. The maximum absolute atomic E-state index is 13.2. The van der Waals surface area contributed by atoms with Crippen LogP contribution in [0.4, 0.5) is 4.39 Å². The summed E-state index contributed by atoms with van der Waals surface area (Å²) in [6.07, 6.45) is 3.76. The number of benzene rings is 3. The van der Waals surface area contributed by atoms with Crippen LogP contribution in [0.15, 0.2) is 79.0 Å². The van der Waals surface area contributed by atoms with Crippen LogP contribution in [0.2, 0.25) is 0 Å². The van der Waals surface area contributed by atoms with Gasteiger partial charge in [0.25, 0.3) is 0 Å². The van der Waals surface area contributed by atoms with Gasteiger partial charge in [0.2, 0.25) is 5.91 Å². The Hall–Kier alpha value is -3.67. The first kappa shape index (κ1) is 21.6. The van der Waals surface area contributed by atoms with Gasteiger partial charge in [-0.2, -0.15) is 5.10 Å². The van der Waals surface area contributed by atoms with Crippen LogP contribution >= 0.6 is 0 Å². The number of hydrogen-bond acceptors (Lipinski definition) is 3. The largest absolute Gasteiger partial charge is 0.491 e. The Bertz CT molecular complexity index is 1170. The first-order valence-corrected chi connectivity index (χ1v) is 10.8. The number of rotatable bonds is 9. The number of fused-ring (bicyclic) bond motifs is 1. The number of carbonyl (C=O) groups is 1. The zero-order valence-electron chi connectivity index (χ0n) is 18.0. The topological polar surface area (TPSA) is 56.1 Å². The fraction of sp³-hybridized carbons (Fsp3) is 0.231. The molecule has 1 atom stereocenters. The number of amides is 1. The van der Waals surface area contributed by atoms with Crippen molar-refractivity contribution in [2.45, 2.75) is 32.2 Å². The summed E-state index contributed by atoms with van der Waals surface area (Å²) in [6, 6.07) is 21.9. The van der Waals surface area contributed by atoms with Gasteiger partial charge in [-0.15, -0.1) is 0 Å². The van der Waals surface area contributed by atoms with Gasteiger partial charge in [-0.25, -0.2) is 9.07 Å². The summed E-state index contributed by atoms with van der Waals surface area (Å²) in [6.45, 7) is 2.35. The summed E-state index contributed by atoms with van der Waals surface area (Å²) in [5, 5.41) is 8.44. The molecule has 0 saturated carbocycles. The van der Waals surface area contributed by atoms with E-state index in [2.05, 4.69) is 22.5 Å². The third-order valence-electron chi connectivity index (χ3n) is 5.23. The minimum atomic E-state index is -0.281. The molecule has 0 aliphatic heterocycles. The van der Waals surface area contributed by atoms with Crippen LogP contribution in [0.25, 0.3) is 16.6 Å². The molecule has 164 valence electrons. The Kier molecular flexibility index (Phi) is 6.80. The fourth-order valence-electron chi connectivity index (χ4n) is 3.66. The lowest BCUT2D eigenvalue weighted by Crippen LogP contribution is -2.40. The molecule has 3 aromatic carbocycles. The molecule has 0 aliphatic carbocycles. The third kappa shape index (κ3) is 5.32. The monoisotopic (exact) mass is 431 g/mol. The van der Waals surface area contributed by atoms with Crippen molar-refractivity contribution in [3.8, 4) is 11.4 Å². The van der Waals surface area contributed by atoms with E-state index in [-0.39, 0.29) is 17.8 Å². The lowest BCUT2D eigenvalue weighted by molar-refractivity contribution is -0.122. The van der Waals surface area contributed by atoms with E-state index in [1.165, 1.54) is 12.1 Å². The maximum atomic E-state index is 13.2. The standard InChI is InChI=1S/C26H26FN3O2/c1-2-6-26(31)29-22(15-19-7-4-3-5-8-19)18-32-24-13-14-25-20(16-24)17-28-30(25)23-11-9-21(27)10-12-23/h3-5,7-14,16-17,22H,2,6,15,18H2,1H3,(H,29,31). The first-order chi connectivity index (χ1) is 15.6. The third-order valence-corrected chi connectivity index (χ3v) is 5.23. The number of hydrogen-bond donors (Lipinski definition) is 1. The summed E-state index contributed by atoms with van der Waals surface area (Å²) in [4.78, 5) is 12.2. The normalized spacial score (nSPS) is 11.9. The van der Waals surface area contributed by atoms with Crippen LogP contribution in [0, 0.1) is 5.82 Å². The quantitative estimate of drug-likeness (QED) is 0.403. The highest BCUT2D eigenvalue weighted by Gasteiger charge is 2.14. The maximum Gasteiger partial charge on any atom is 0.220 e. The molecule has 1 aromatic heterocycles.